The molecule has 0 aromatic carbocycles. The van der Waals surface area contributed by atoms with Crippen LogP contribution in [0, 0.1) is 5.41 Å². The number of nitrogens with one attached hydrogen (secondary N) is 2. The Labute approximate surface area is 180 Å². The van der Waals surface area contributed by atoms with Crippen LogP contribution in [-0.2, 0) is 0 Å². The van der Waals surface area contributed by atoms with E-state index < -0.39 is 41.1 Å². The number of allylic oxidation sites excluding steroid dienone is 3. The zero-order chi connectivity index (χ0) is 23.3. The molecule has 1 atom stereocenters. The molecule has 1 heterocycles. The number of aliphatic hydroxyl groups excluding tert-OH is 1. The molecule has 32 heavy (non-hydrogen) atoms. The molecule has 4 rings (SSSR count). The van der Waals surface area contributed by atoms with Crippen molar-refractivity contribution < 1.29 is 31.4 Å². The Hall–Kier alpha value is -2.37. The van der Waals surface area contributed by atoms with Gasteiger partial charge in [0.25, 0.3) is 0 Å². The van der Waals surface area contributed by atoms with Crippen LogP contribution in [0.25, 0.3) is 5.57 Å². The molecule has 0 bridgehead atoms. The molecular formula is C20H23F6N5O. The number of hydrogen-bond donors (Lipinski definition) is 3. The van der Waals surface area contributed by atoms with Crippen molar-refractivity contribution in [2.75, 3.05) is 10.6 Å². The average Bonchev–Trinajstić information content (AvgIpc) is 2.64. The molecule has 2 fully saturated rings. The van der Waals surface area contributed by atoms with Crippen LogP contribution in [-0.4, -0.2) is 44.3 Å². The van der Waals surface area contributed by atoms with Gasteiger partial charge < -0.3 is 15.7 Å². The van der Waals surface area contributed by atoms with Crippen LogP contribution in [0.2, 0.25) is 0 Å². The lowest BCUT2D eigenvalue weighted by atomic mass is 9.52. The van der Waals surface area contributed by atoms with Crippen LogP contribution >= 0.6 is 0 Å². The van der Waals surface area contributed by atoms with Gasteiger partial charge in [0.05, 0.1) is 0 Å². The standard InChI is InChI=1S/C20H23F6N5O/c1-2-13(20(24,25)26)28-17-30-15(11-4-3-5-12(32)14(11)21)29-16(31-17)27-10-6-18(7-10)8-19(22,23)9-18/h2,10,12,32H,3-9H2,1H3,(H2,27,28,29,30,31). The van der Waals surface area contributed by atoms with E-state index in [9.17, 15) is 31.4 Å². The molecule has 2 saturated carbocycles. The van der Waals surface area contributed by atoms with Crippen LogP contribution in [0.5, 0.6) is 0 Å². The number of aliphatic hydroxyl groups is 1. The van der Waals surface area contributed by atoms with Crippen LogP contribution < -0.4 is 10.6 Å². The Morgan fingerprint density at radius 1 is 1.12 bits per heavy atom. The molecule has 6 nitrogen and oxygen atoms in total. The minimum atomic E-state index is -4.68. The SMILES string of the molecule is CC=C(Nc1nc(NC2CC3(C2)CC(F)(F)C3)nc(C2=C(F)C(O)CCC2)n1)C(F)(F)F. The van der Waals surface area contributed by atoms with E-state index in [1.165, 1.54) is 6.92 Å². The Balaban J connectivity index is 1.59. The van der Waals surface area contributed by atoms with E-state index in [1.54, 1.807) is 0 Å². The summed E-state index contributed by atoms with van der Waals surface area (Å²) in [6, 6.07) is -0.228. The fourth-order valence-corrected chi connectivity index (χ4v) is 4.80. The first-order valence-electron chi connectivity index (χ1n) is 10.4. The number of alkyl halides is 5. The molecule has 176 valence electrons. The maximum absolute atomic E-state index is 14.5. The number of aromatic nitrogens is 3. The maximum Gasteiger partial charge on any atom is 0.431 e. The fourth-order valence-electron chi connectivity index (χ4n) is 4.80. The van der Waals surface area contributed by atoms with Gasteiger partial charge in [-0.3, -0.25) is 0 Å². The van der Waals surface area contributed by atoms with Gasteiger partial charge >= 0.3 is 6.18 Å². The minimum Gasteiger partial charge on any atom is -0.386 e. The van der Waals surface area contributed by atoms with Gasteiger partial charge in [-0.2, -0.15) is 28.1 Å². The highest BCUT2D eigenvalue weighted by Gasteiger charge is 2.61. The average molecular weight is 463 g/mol. The minimum absolute atomic E-state index is 0.00926. The second-order valence-electron chi connectivity index (χ2n) is 8.82. The van der Waals surface area contributed by atoms with Crippen molar-refractivity contribution >= 4 is 17.5 Å². The number of nitrogens with zero attached hydrogens (tertiary/aromatic N) is 3. The van der Waals surface area contributed by atoms with Gasteiger partial charge in [-0.25, -0.2) is 13.2 Å². The van der Waals surface area contributed by atoms with Gasteiger partial charge in [0, 0.05) is 24.5 Å². The maximum atomic E-state index is 14.5. The predicted molar refractivity (Wildman–Crippen MR) is 104 cm³/mol. The normalized spacial score (nSPS) is 25.4. The molecular weight excluding hydrogens is 440 g/mol. The summed E-state index contributed by atoms with van der Waals surface area (Å²) in [7, 11) is 0. The Morgan fingerprint density at radius 3 is 2.38 bits per heavy atom. The third kappa shape index (κ3) is 4.55. The first-order valence-corrected chi connectivity index (χ1v) is 10.4. The van der Waals surface area contributed by atoms with Crippen LogP contribution in [0.3, 0.4) is 0 Å². The summed E-state index contributed by atoms with van der Waals surface area (Å²) in [5.41, 5.74) is -1.51. The van der Waals surface area contributed by atoms with Crippen molar-refractivity contribution in [3.8, 4) is 0 Å². The lowest BCUT2D eigenvalue weighted by Crippen LogP contribution is -2.57. The quantitative estimate of drug-likeness (QED) is 0.536. The molecule has 1 aromatic rings. The molecule has 0 radical (unpaired) electrons. The summed E-state index contributed by atoms with van der Waals surface area (Å²) in [6.07, 6.45) is -3.73. The Bertz CT molecular complexity index is 944. The summed E-state index contributed by atoms with van der Waals surface area (Å²) in [4.78, 5) is 12.1. The van der Waals surface area contributed by atoms with Crippen molar-refractivity contribution in [3.05, 3.63) is 23.4 Å². The van der Waals surface area contributed by atoms with Gasteiger partial charge in [0.2, 0.25) is 17.8 Å². The van der Waals surface area contributed by atoms with Crippen LogP contribution in [0.15, 0.2) is 17.6 Å². The topological polar surface area (TPSA) is 83.0 Å². The van der Waals surface area contributed by atoms with Crippen molar-refractivity contribution in [2.45, 2.75) is 76.1 Å². The molecule has 12 heteroatoms. The lowest BCUT2D eigenvalue weighted by Gasteiger charge is -2.57. The third-order valence-electron chi connectivity index (χ3n) is 6.19. The summed E-state index contributed by atoms with van der Waals surface area (Å²) in [5, 5.41) is 14.9. The molecule has 1 spiro atoms. The summed E-state index contributed by atoms with van der Waals surface area (Å²) in [6.45, 7) is 1.19. The first-order chi connectivity index (χ1) is 14.9. The van der Waals surface area contributed by atoms with E-state index in [-0.39, 0.29) is 49.1 Å². The largest absolute Gasteiger partial charge is 0.431 e. The molecule has 3 N–H and O–H groups in total. The van der Waals surface area contributed by atoms with Crippen molar-refractivity contribution in [1.82, 2.24) is 15.0 Å². The molecule has 1 unspecified atom stereocenters. The van der Waals surface area contributed by atoms with Gasteiger partial charge in [0.15, 0.2) is 5.82 Å². The third-order valence-corrected chi connectivity index (χ3v) is 6.19. The zero-order valence-corrected chi connectivity index (χ0v) is 17.2. The number of rotatable bonds is 5. The summed E-state index contributed by atoms with van der Waals surface area (Å²) in [5.74, 6) is -4.16. The Kier molecular flexibility index (Phi) is 5.62. The first kappa shape index (κ1) is 22.8. The highest BCUT2D eigenvalue weighted by Crippen LogP contribution is 2.62. The van der Waals surface area contributed by atoms with Gasteiger partial charge in [0.1, 0.15) is 17.6 Å². The second kappa shape index (κ2) is 7.89. The highest BCUT2D eigenvalue weighted by molar-refractivity contribution is 5.65. The lowest BCUT2D eigenvalue weighted by molar-refractivity contribution is -0.193. The highest BCUT2D eigenvalue weighted by atomic mass is 19.4. The monoisotopic (exact) mass is 463 g/mol. The van der Waals surface area contributed by atoms with Crippen molar-refractivity contribution in [3.63, 3.8) is 0 Å². The smallest absolute Gasteiger partial charge is 0.386 e. The zero-order valence-electron chi connectivity index (χ0n) is 17.2. The van der Waals surface area contributed by atoms with E-state index in [4.69, 9.17) is 0 Å². The second-order valence-corrected chi connectivity index (χ2v) is 8.82. The van der Waals surface area contributed by atoms with Crippen LogP contribution in [0.1, 0.15) is 57.7 Å². The van der Waals surface area contributed by atoms with Gasteiger partial charge in [-0.1, -0.05) is 6.08 Å². The molecule has 0 saturated heterocycles. The number of anilines is 2. The molecule has 3 aliphatic carbocycles. The number of hydrogen-bond acceptors (Lipinski definition) is 6. The predicted octanol–water partition coefficient (Wildman–Crippen LogP) is 4.96. The van der Waals surface area contributed by atoms with E-state index in [0.717, 1.165) is 6.08 Å². The molecule has 1 aromatic heterocycles. The van der Waals surface area contributed by atoms with E-state index in [2.05, 4.69) is 25.6 Å². The number of halogens is 6. The van der Waals surface area contributed by atoms with E-state index in [1.807, 2.05) is 0 Å². The summed E-state index contributed by atoms with van der Waals surface area (Å²) >= 11 is 0. The molecule has 3 aliphatic rings. The van der Waals surface area contributed by atoms with Crippen molar-refractivity contribution in [2.24, 2.45) is 5.41 Å². The van der Waals surface area contributed by atoms with Gasteiger partial charge in [-0.05, 0) is 44.4 Å². The fraction of sp³-hybridized carbons (Fsp3) is 0.650. The molecule has 0 aliphatic heterocycles. The van der Waals surface area contributed by atoms with E-state index >= 15 is 0 Å². The summed E-state index contributed by atoms with van der Waals surface area (Å²) < 4.78 is 80.4. The van der Waals surface area contributed by atoms with E-state index in [0.29, 0.717) is 19.3 Å². The van der Waals surface area contributed by atoms with Gasteiger partial charge in [-0.15, -0.1) is 0 Å². The van der Waals surface area contributed by atoms with Crippen molar-refractivity contribution in [1.29, 1.82) is 0 Å². The Morgan fingerprint density at radius 2 is 1.78 bits per heavy atom. The molecule has 0 amide bonds. The van der Waals surface area contributed by atoms with Crippen LogP contribution in [0.4, 0.5) is 38.2 Å².